The Hall–Kier alpha value is -3.69. The van der Waals surface area contributed by atoms with Gasteiger partial charge in [0.05, 0.1) is 19.3 Å². The quantitative estimate of drug-likeness (QED) is 0.284. The highest BCUT2D eigenvalue weighted by molar-refractivity contribution is 6.00. The Bertz CT molecular complexity index is 1160. The molecule has 1 fully saturated rings. The Kier molecular flexibility index (Phi) is 9.53. The maximum atomic E-state index is 14.9. The molecule has 39 heavy (non-hydrogen) atoms. The number of hydrogen-bond acceptors (Lipinski definition) is 5. The summed E-state index contributed by atoms with van der Waals surface area (Å²) in [6, 6.07) is 9.39. The molecule has 0 saturated heterocycles. The van der Waals surface area contributed by atoms with E-state index in [2.05, 4.69) is 5.32 Å². The number of hydrogen-bond donors (Lipinski definition) is 2. The highest BCUT2D eigenvalue weighted by Crippen LogP contribution is 2.39. The third-order valence-electron chi connectivity index (χ3n) is 6.84. The lowest BCUT2D eigenvalue weighted by atomic mass is 9.99. The lowest BCUT2D eigenvalue weighted by Gasteiger charge is -2.32. The van der Waals surface area contributed by atoms with Gasteiger partial charge < -0.3 is 24.8 Å². The first kappa shape index (κ1) is 29.9. The van der Waals surface area contributed by atoms with Crippen molar-refractivity contribution in [1.82, 2.24) is 10.2 Å². The normalized spacial score (nSPS) is 14.7. The van der Waals surface area contributed by atoms with Crippen LogP contribution in [0.5, 0.6) is 11.5 Å². The monoisotopic (exact) mass is 546 g/mol. The third-order valence-corrected chi connectivity index (χ3v) is 6.84. The first-order valence-corrected chi connectivity index (χ1v) is 13.2. The van der Waals surface area contributed by atoms with E-state index in [0.29, 0.717) is 18.4 Å². The van der Waals surface area contributed by atoms with Crippen LogP contribution in [0.25, 0.3) is 0 Å². The SMILES string of the molecule is CCOc1cc([C@@H](C)N(CCCC(F)(F)c2ccccc2)C(=O)NC2(C(=O)O)CC2)cc(OCC)c1C(C)=O. The van der Waals surface area contributed by atoms with E-state index in [-0.39, 0.29) is 54.6 Å². The molecule has 0 spiro atoms. The summed E-state index contributed by atoms with van der Waals surface area (Å²) in [6.07, 6.45) is 0.0362. The number of ether oxygens (including phenoxy) is 2. The maximum absolute atomic E-state index is 14.9. The summed E-state index contributed by atoms with van der Waals surface area (Å²) in [5, 5.41) is 12.2. The number of carbonyl (C=O) groups is 3. The minimum atomic E-state index is -3.10. The van der Waals surface area contributed by atoms with Crippen LogP contribution >= 0.6 is 0 Å². The molecule has 0 radical (unpaired) electrons. The van der Waals surface area contributed by atoms with Crippen LogP contribution in [0.3, 0.4) is 0 Å². The van der Waals surface area contributed by atoms with Gasteiger partial charge in [0.15, 0.2) is 5.78 Å². The molecule has 212 valence electrons. The van der Waals surface area contributed by atoms with Crippen LogP contribution in [0.2, 0.25) is 0 Å². The zero-order valence-corrected chi connectivity index (χ0v) is 22.8. The molecule has 10 heteroatoms. The number of urea groups is 1. The van der Waals surface area contributed by atoms with E-state index in [1.165, 1.54) is 24.0 Å². The average molecular weight is 547 g/mol. The summed E-state index contributed by atoms with van der Waals surface area (Å²) in [5.74, 6) is -3.91. The van der Waals surface area contributed by atoms with Crippen LogP contribution in [-0.4, -0.2) is 53.1 Å². The molecule has 1 saturated carbocycles. The first-order chi connectivity index (χ1) is 18.5. The van der Waals surface area contributed by atoms with Gasteiger partial charge in [-0.15, -0.1) is 0 Å². The maximum Gasteiger partial charge on any atom is 0.329 e. The molecule has 2 aromatic rings. The molecule has 0 unspecified atom stereocenters. The zero-order valence-electron chi connectivity index (χ0n) is 22.8. The Labute approximate surface area is 227 Å². The fourth-order valence-electron chi connectivity index (χ4n) is 4.48. The van der Waals surface area contributed by atoms with Gasteiger partial charge in [0, 0.05) is 18.5 Å². The van der Waals surface area contributed by atoms with Crippen LogP contribution in [0.4, 0.5) is 13.6 Å². The number of nitrogens with zero attached hydrogens (tertiary/aromatic N) is 1. The summed E-state index contributed by atoms with van der Waals surface area (Å²) in [7, 11) is 0. The van der Waals surface area contributed by atoms with Crippen molar-refractivity contribution in [1.29, 1.82) is 0 Å². The number of Topliss-reactive ketones (excluding diaryl/α,β-unsaturated/α-hetero) is 1. The first-order valence-electron chi connectivity index (χ1n) is 13.2. The van der Waals surface area contributed by atoms with Crippen molar-refractivity contribution in [2.24, 2.45) is 0 Å². The molecule has 0 heterocycles. The number of aliphatic carboxylic acids is 1. The highest BCUT2D eigenvalue weighted by Gasteiger charge is 2.52. The number of benzene rings is 2. The third kappa shape index (κ3) is 7.04. The van der Waals surface area contributed by atoms with Gasteiger partial charge in [0.25, 0.3) is 5.92 Å². The Balaban J connectivity index is 1.92. The second-order valence-corrected chi connectivity index (χ2v) is 9.68. The molecule has 2 N–H and O–H groups in total. The van der Waals surface area contributed by atoms with E-state index in [9.17, 15) is 28.3 Å². The largest absolute Gasteiger partial charge is 0.493 e. The van der Waals surface area contributed by atoms with Crippen LogP contribution in [0.15, 0.2) is 42.5 Å². The number of carbonyl (C=O) groups excluding carboxylic acids is 2. The molecule has 3 rings (SSSR count). The molecule has 2 amide bonds. The number of alkyl halides is 2. The van der Waals surface area contributed by atoms with Crippen molar-refractivity contribution in [3.05, 3.63) is 59.2 Å². The van der Waals surface area contributed by atoms with Crippen LogP contribution < -0.4 is 14.8 Å². The van der Waals surface area contributed by atoms with Crippen molar-refractivity contribution in [2.75, 3.05) is 19.8 Å². The van der Waals surface area contributed by atoms with Crippen molar-refractivity contribution in [3.63, 3.8) is 0 Å². The average Bonchev–Trinajstić information content (AvgIpc) is 3.67. The van der Waals surface area contributed by atoms with Gasteiger partial charge in [-0.2, -0.15) is 0 Å². The lowest BCUT2D eigenvalue weighted by Crippen LogP contribution is -2.50. The lowest BCUT2D eigenvalue weighted by molar-refractivity contribution is -0.140. The number of ketones is 1. The predicted molar refractivity (Wildman–Crippen MR) is 142 cm³/mol. The molecule has 1 aliphatic rings. The second-order valence-electron chi connectivity index (χ2n) is 9.68. The number of carboxylic acids is 1. The minimum Gasteiger partial charge on any atom is -0.493 e. The summed E-state index contributed by atoms with van der Waals surface area (Å²) < 4.78 is 41.1. The van der Waals surface area contributed by atoms with E-state index < -0.39 is 35.9 Å². The molecule has 8 nitrogen and oxygen atoms in total. The Morgan fingerprint density at radius 3 is 2.10 bits per heavy atom. The van der Waals surface area contributed by atoms with Gasteiger partial charge in [0.2, 0.25) is 0 Å². The van der Waals surface area contributed by atoms with Crippen LogP contribution in [0.1, 0.15) is 80.9 Å². The van der Waals surface area contributed by atoms with Crippen LogP contribution in [-0.2, 0) is 10.7 Å². The fraction of sp³-hybridized carbons (Fsp3) is 0.483. The Morgan fingerprint density at radius 1 is 1.08 bits per heavy atom. The number of rotatable bonds is 14. The van der Waals surface area contributed by atoms with E-state index >= 15 is 0 Å². The van der Waals surface area contributed by atoms with Gasteiger partial charge in [0.1, 0.15) is 22.6 Å². The van der Waals surface area contributed by atoms with Crippen molar-refractivity contribution >= 4 is 17.8 Å². The van der Waals surface area contributed by atoms with E-state index in [1.807, 2.05) is 0 Å². The molecule has 0 aliphatic heterocycles. The smallest absolute Gasteiger partial charge is 0.329 e. The van der Waals surface area contributed by atoms with Crippen molar-refractivity contribution in [2.45, 2.75) is 70.9 Å². The number of nitrogens with one attached hydrogen (secondary N) is 1. The van der Waals surface area contributed by atoms with Crippen molar-refractivity contribution < 1.29 is 37.7 Å². The Morgan fingerprint density at radius 2 is 1.64 bits per heavy atom. The number of halogens is 2. The molecular formula is C29H36F2N2O6. The van der Waals surface area contributed by atoms with Crippen molar-refractivity contribution in [3.8, 4) is 11.5 Å². The fourth-order valence-corrected chi connectivity index (χ4v) is 4.48. The van der Waals surface area contributed by atoms with Gasteiger partial charge in [-0.1, -0.05) is 30.3 Å². The van der Waals surface area contributed by atoms with Gasteiger partial charge in [-0.3, -0.25) is 4.79 Å². The molecule has 0 aromatic heterocycles. The number of amides is 2. The molecule has 0 bridgehead atoms. The molecule has 1 aliphatic carbocycles. The molecular weight excluding hydrogens is 510 g/mol. The topological polar surface area (TPSA) is 105 Å². The highest BCUT2D eigenvalue weighted by atomic mass is 19.3. The summed E-state index contributed by atoms with van der Waals surface area (Å²) >= 11 is 0. The van der Waals surface area contributed by atoms with E-state index in [1.54, 1.807) is 51.1 Å². The van der Waals surface area contributed by atoms with E-state index in [4.69, 9.17) is 9.47 Å². The van der Waals surface area contributed by atoms with Gasteiger partial charge in [-0.05, 0) is 64.7 Å². The number of carboxylic acid groups (broad SMARTS) is 1. The zero-order chi connectivity index (χ0) is 28.8. The summed E-state index contributed by atoms with van der Waals surface area (Å²) in [6.45, 7) is 7.16. The van der Waals surface area contributed by atoms with Gasteiger partial charge in [-0.25, -0.2) is 18.4 Å². The summed E-state index contributed by atoms with van der Waals surface area (Å²) in [5.41, 5.74) is -0.638. The molecule has 2 aromatic carbocycles. The van der Waals surface area contributed by atoms with Crippen LogP contribution in [0, 0.1) is 0 Å². The van der Waals surface area contributed by atoms with E-state index in [0.717, 1.165) is 0 Å². The minimum absolute atomic E-state index is 0.0398. The molecule has 1 atom stereocenters. The second kappa shape index (κ2) is 12.4. The standard InChI is InChI=1S/C29H36F2N2O6/c1-5-38-23-17-21(18-24(39-6-2)25(23)20(4)34)19(3)33(27(37)32-28(14-15-28)26(35)36)16-10-13-29(30,31)22-11-8-7-9-12-22/h7-9,11-12,17-19H,5-6,10,13-16H2,1-4H3,(H,32,37)(H,35,36)/t19-/m1/s1. The van der Waals surface area contributed by atoms with Gasteiger partial charge >= 0.3 is 12.0 Å². The predicted octanol–water partition coefficient (Wildman–Crippen LogP) is 5.95. The summed E-state index contributed by atoms with van der Waals surface area (Å²) in [4.78, 5) is 38.8.